The number of nitrogens with zero attached hydrogens (tertiary/aromatic N) is 1. The number of benzene rings is 1. The van der Waals surface area contributed by atoms with Crippen LogP contribution in [0.15, 0.2) is 41.0 Å². The average molecular weight is 351 g/mol. The molecule has 0 fully saturated rings. The standard InChI is InChI=1S/C16H19BrN2O2/c1-3-8-21-14-7-5-6-13(10-14)18-16(20)15-9-12(17)11-19(15)4-2/h5-7,9-11H,3-4,8H2,1-2H3,(H,18,20). The van der Waals surface area contributed by atoms with Gasteiger partial charge in [0, 0.05) is 29.0 Å². The molecule has 0 atom stereocenters. The van der Waals surface area contributed by atoms with Crippen LogP contribution in [0.3, 0.4) is 0 Å². The monoisotopic (exact) mass is 350 g/mol. The van der Waals surface area contributed by atoms with Crippen LogP contribution >= 0.6 is 15.9 Å². The van der Waals surface area contributed by atoms with E-state index in [9.17, 15) is 4.79 Å². The Kier molecular flexibility index (Phi) is 5.44. The second kappa shape index (κ2) is 7.31. The molecule has 1 amide bonds. The fourth-order valence-corrected chi connectivity index (χ4v) is 2.47. The molecular weight excluding hydrogens is 332 g/mol. The zero-order valence-electron chi connectivity index (χ0n) is 12.2. The highest BCUT2D eigenvalue weighted by molar-refractivity contribution is 9.10. The Hall–Kier alpha value is -1.75. The van der Waals surface area contributed by atoms with Gasteiger partial charge in [-0.3, -0.25) is 4.79 Å². The van der Waals surface area contributed by atoms with E-state index in [1.54, 1.807) is 0 Å². The van der Waals surface area contributed by atoms with Crippen molar-refractivity contribution in [2.75, 3.05) is 11.9 Å². The summed E-state index contributed by atoms with van der Waals surface area (Å²) in [4.78, 5) is 12.3. The lowest BCUT2D eigenvalue weighted by Crippen LogP contribution is -2.16. The molecule has 1 heterocycles. The molecule has 5 heteroatoms. The summed E-state index contributed by atoms with van der Waals surface area (Å²) in [6.07, 6.45) is 2.85. The van der Waals surface area contributed by atoms with Gasteiger partial charge in [-0.05, 0) is 47.5 Å². The van der Waals surface area contributed by atoms with Gasteiger partial charge < -0.3 is 14.6 Å². The topological polar surface area (TPSA) is 43.3 Å². The summed E-state index contributed by atoms with van der Waals surface area (Å²) in [5.41, 5.74) is 1.36. The molecule has 0 aliphatic carbocycles. The summed E-state index contributed by atoms with van der Waals surface area (Å²) in [5.74, 6) is 0.636. The predicted octanol–water partition coefficient (Wildman–Crippen LogP) is 4.31. The number of carbonyl (C=O) groups is 1. The SMILES string of the molecule is CCCOc1cccc(NC(=O)c2cc(Br)cn2CC)c1. The Morgan fingerprint density at radius 2 is 2.14 bits per heavy atom. The minimum atomic E-state index is -0.129. The first-order chi connectivity index (χ1) is 10.1. The van der Waals surface area contributed by atoms with Crippen LogP contribution in [-0.2, 0) is 6.54 Å². The van der Waals surface area contributed by atoms with Gasteiger partial charge in [-0.15, -0.1) is 0 Å². The second-order valence-corrected chi connectivity index (χ2v) is 5.58. The lowest BCUT2D eigenvalue weighted by Gasteiger charge is -2.09. The van der Waals surface area contributed by atoms with Gasteiger partial charge >= 0.3 is 0 Å². The molecule has 1 aromatic carbocycles. The first kappa shape index (κ1) is 15.6. The molecule has 0 unspecified atom stereocenters. The number of aromatic nitrogens is 1. The Morgan fingerprint density at radius 3 is 2.86 bits per heavy atom. The molecule has 0 radical (unpaired) electrons. The summed E-state index contributed by atoms with van der Waals surface area (Å²) in [5, 5.41) is 2.90. The van der Waals surface area contributed by atoms with E-state index in [4.69, 9.17) is 4.74 Å². The number of aryl methyl sites for hydroxylation is 1. The van der Waals surface area contributed by atoms with E-state index in [-0.39, 0.29) is 5.91 Å². The molecule has 0 bridgehead atoms. The van der Waals surface area contributed by atoms with Gasteiger partial charge in [0.1, 0.15) is 11.4 Å². The smallest absolute Gasteiger partial charge is 0.272 e. The third kappa shape index (κ3) is 4.11. The van der Waals surface area contributed by atoms with Crippen molar-refractivity contribution in [2.24, 2.45) is 0 Å². The number of hydrogen-bond acceptors (Lipinski definition) is 2. The van der Waals surface area contributed by atoms with E-state index in [0.29, 0.717) is 12.3 Å². The number of nitrogens with one attached hydrogen (secondary N) is 1. The molecule has 112 valence electrons. The zero-order valence-corrected chi connectivity index (χ0v) is 13.8. The fraction of sp³-hybridized carbons (Fsp3) is 0.312. The Morgan fingerprint density at radius 1 is 1.33 bits per heavy atom. The number of anilines is 1. The number of amides is 1. The van der Waals surface area contributed by atoms with Crippen molar-refractivity contribution in [3.05, 3.63) is 46.7 Å². The third-order valence-electron chi connectivity index (χ3n) is 3.00. The first-order valence-electron chi connectivity index (χ1n) is 7.04. The highest BCUT2D eigenvalue weighted by Crippen LogP contribution is 2.20. The molecule has 0 aliphatic rings. The number of carbonyl (C=O) groups excluding carboxylic acids is 1. The predicted molar refractivity (Wildman–Crippen MR) is 88.0 cm³/mol. The maximum Gasteiger partial charge on any atom is 0.272 e. The van der Waals surface area contributed by atoms with Crippen molar-refractivity contribution in [1.82, 2.24) is 4.57 Å². The highest BCUT2D eigenvalue weighted by Gasteiger charge is 2.12. The van der Waals surface area contributed by atoms with Gasteiger partial charge in [0.25, 0.3) is 5.91 Å². The number of rotatable bonds is 6. The van der Waals surface area contributed by atoms with Crippen LogP contribution < -0.4 is 10.1 Å². The quantitative estimate of drug-likeness (QED) is 0.843. The molecule has 0 saturated heterocycles. The largest absolute Gasteiger partial charge is 0.494 e. The molecule has 1 aromatic heterocycles. The normalized spacial score (nSPS) is 10.4. The molecule has 4 nitrogen and oxygen atoms in total. The molecular formula is C16H19BrN2O2. The second-order valence-electron chi connectivity index (χ2n) is 4.66. The first-order valence-corrected chi connectivity index (χ1v) is 7.83. The van der Waals surface area contributed by atoms with Crippen molar-refractivity contribution in [1.29, 1.82) is 0 Å². The number of hydrogen-bond donors (Lipinski definition) is 1. The summed E-state index contributed by atoms with van der Waals surface area (Å²) in [6, 6.07) is 9.26. The number of halogens is 1. The van der Waals surface area contributed by atoms with Crippen LogP contribution in [0, 0.1) is 0 Å². The van der Waals surface area contributed by atoms with Crippen molar-refractivity contribution < 1.29 is 9.53 Å². The fourth-order valence-electron chi connectivity index (χ4n) is 2.01. The van der Waals surface area contributed by atoms with E-state index in [2.05, 4.69) is 28.2 Å². The maximum absolute atomic E-state index is 12.3. The van der Waals surface area contributed by atoms with E-state index in [1.165, 1.54) is 0 Å². The molecule has 2 rings (SSSR count). The molecule has 0 aliphatic heterocycles. The third-order valence-corrected chi connectivity index (χ3v) is 3.43. The van der Waals surface area contributed by atoms with Gasteiger partial charge in [-0.25, -0.2) is 0 Å². The summed E-state index contributed by atoms with van der Waals surface area (Å²) < 4.78 is 8.37. The average Bonchev–Trinajstić information content (AvgIpc) is 2.87. The minimum Gasteiger partial charge on any atom is -0.494 e. The van der Waals surface area contributed by atoms with Crippen molar-refractivity contribution in [3.8, 4) is 5.75 Å². The van der Waals surface area contributed by atoms with Crippen LogP contribution in [0.1, 0.15) is 30.8 Å². The van der Waals surface area contributed by atoms with Gasteiger partial charge in [-0.2, -0.15) is 0 Å². The van der Waals surface area contributed by atoms with Crippen LogP contribution in [0.5, 0.6) is 5.75 Å². The van der Waals surface area contributed by atoms with Crippen LogP contribution in [0.25, 0.3) is 0 Å². The van der Waals surface area contributed by atoms with Gasteiger partial charge in [0.2, 0.25) is 0 Å². The molecule has 21 heavy (non-hydrogen) atoms. The molecule has 2 aromatic rings. The molecule has 0 saturated carbocycles. The Balaban J connectivity index is 2.11. The molecule has 1 N–H and O–H groups in total. The van der Waals surface area contributed by atoms with Crippen molar-refractivity contribution >= 4 is 27.5 Å². The van der Waals surface area contributed by atoms with Gasteiger partial charge in [0.15, 0.2) is 0 Å². The Bertz CT molecular complexity index is 622. The maximum atomic E-state index is 12.3. The molecule has 0 spiro atoms. The minimum absolute atomic E-state index is 0.129. The van der Waals surface area contributed by atoms with E-state index in [0.717, 1.165) is 28.9 Å². The highest BCUT2D eigenvalue weighted by atomic mass is 79.9. The lowest BCUT2D eigenvalue weighted by molar-refractivity contribution is 0.101. The summed E-state index contributed by atoms with van der Waals surface area (Å²) >= 11 is 3.40. The van der Waals surface area contributed by atoms with Gasteiger partial charge in [0.05, 0.1) is 6.61 Å². The van der Waals surface area contributed by atoms with E-state index < -0.39 is 0 Å². The van der Waals surface area contributed by atoms with Crippen molar-refractivity contribution in [2.45, 2.75) is 26.8 Å². The van der Waals surface area contributed by atoms with Crippen LogP contribution in [0.4, 0.5) is 5.69 Å². The van der Waals surface area contributed by atoms with E-state index >= 15 is 0 Å². The lowest BCUT2D eigenvalue weighted by atomic mass is 10.3. The Labute approximate surface area is 133 Å². The zero-order chi connectivity index (χ0) is 15.2. The summed E-state index contributed by atoms with van der Waals surface area (Å²) in [6.45, 7) is 5.47. The summed E-state index contributed by atoms with van der Waals surface area (Å²) in [7, 11) is 0. The van der Waals surface area contributed by atoms with Crippen LogP contribution in [-0.4, -0.2) is 17.1 Å². The van der Waals surface area contributed by atoms with Crippen molar-refractivity contribution in [3.63, 3.8) is 0 Å². The van der Waals surface area contributed by atoms with E-state index in [1.807, 2.05) is 48.0 Å². The number of ether oxygens (including phenoxy) is 1. The van der Waals surface area contributed by atoms with Crippen LogP contribution in [0.2, 0.25) is 0 Å². The van der Waals surface area contributed by atoms with Gasteiger partial charge in [-0.1, -0.05) is 13.0 Å².